The summed E-state index contributed by atoms with van der Waals surface area (Å²) in [6.07, 6.45) is -3.82. The number of benzene rings is 2. The van der Waals surface area contributed by atoms with Crippen molar-refractivity contribution in [3.8, 4) is 0 Å². The van der Waals surface area contributed by atoms with E-state index >= 15 is 0 Å². The van der Waals surface area contributed by atoms with Crippen LogP contribution in [0.5, 0.6) is 0 Å². The Balaban J connectivity index is 1.77. The van der Waals surface area contributed by atoms with Gasteiger partial charge in [0.1, 0.15) is 0 Å². The van der Waals surface area contributed by atoms with Crippen molar-refractivity contribution in [2.24, 2.45) is 0 Å². The third-order valence-corrected chi connectivity index (χ3v) is 5.49. The molecule has 0 aromatic heterocycles. The molecule has 4 amide bonds. The van der Waals surface area contributed by atoms with Crippen LogP contribution in [0, 0.1) is 0 Å². The number of nitrogens with one attached hydrogen (secondary N) is 3. The first kappa shape index (κ1) is 26.6. The fraction of sp³-hybridized carbons (Fsp3) is 0.320. The number of alkyl halides is 3. The van der Waals surface area contributed by atoms with E-state index in [0.29, 0.717) is 35.5 Å². The van der Waals surface area contributed by atoms with Crippen molar-refractivity contribution in [2.45, 2.75) is 39.4 Å². The molecule has 2 aromatic carbocycles. The van der Waals surface area contributed by atoms with Crippen molar-refractivity contribution in [2.75, 3.05) is 23.8 Å². The summed E-state index contributed by atoms with van der Waals surface area (Å²) < 4.78 is 43.9. The first-order valence-corrected chi connectivity index (χ1v) is 11.4. The summed E-state index contributed by atoms with van der Waals surface area (Å²) in [6, 6.07) is 8.85. The second-order valence-electron chi connectivity index (χ2n) is 8.03. The van der Waals surface area contributed by atoms with Crippen molar-refractivity contribution >= 4 is 29.4 Å². The summed E-state index contributed by atoms with van der Waals surface area (Å²) in [6.45, 7) is 5.93. The molecule has 3 rings (SSSR count). The van der Waals surface area contributed by atoms with Crippen molar-refractivity contribution in [3.63, 3.8) is 0 Å². The molecule has 0 aliphatic carbocycles. The van der Waals surface area contributed by atoms with E-state index in [0.717, 1.165) is 12.1 Å². The van der Waals surface area contributed by atoms with E-state index in [4.69, 9.17) is 4.74 Å². The third kappa shape index (κ3) is 6.15. The summed E-state index contributed by atoms with van der Waals surface area (Å²) >= 11 is 0. The lowest BCUT2D eigenvalue weighted by atomic mass is 9.94. The topological polar surface area (TPSA) is 99.8 Å². The summed E-state index contributed by atoms with van der Waals surface area (Å²) in [5, 5.41) is 7.74. The van der Waals surface area contributed by atoms with Gasteiger partial charge in [0.05, 0.1) is 23.8 Å². The van der Waals surface area contributed by atoms with Gasteiger partial charge in [0.2, 0.25) is 0 Å². The van der Waals surface area contributed by atoms with Crippen LogP contribution in [0.4, 0.5) is 34.1 Å². The molecule has 0 spiro atoms. The van der Waals surface area contributed by atoms with E-state index in [1.807, 2.05) is 6.92 Å². The van der Waals surface area contributed by atoms with Gasteiger partial charge in [-0.1, -0.05) is 25.1 Å². The van der Waals surface area contributed by atoms with E-state index in [1.54, 1.807) is 38.1 Å². The standard InChI is InChI=1S/C25H27F3N4O4/c1-4-13-32-15(3)20(22(33)36-5-2)21(31-24(32)35)16-9-11-18(12-10-16)29-23(34)30-19-8-6-7-17(14-19)25(26,27)28/h6-12,14,21H,4-5,13H2,1-3H3,(H,31,35)(H2,29,30,34). The van der Waals surface area contributed by atoms with Crippen LogP contribution in [-0.4, -0.2) is 36.1 Å². The maximum Gasteiger partial charge on any atom is 0.416 e. The van der Waals surface area contributed by atoms with E-state index < -0.39 is 29.8 Å². The van der Waals surface area contributed by atoms with Gasteiger partial charge in [0, 0.05) is 23.6 Å². The van der Waals surface area contributed by atoms with Crippen LogP contribution in [0.3, 0.4) is 0 Å². The number of allylic oxidation sites excluding steroid dienone is 1. The lowest BCUT2D eigenvalue weighted by molar-refractivity contribution is -0.139. The molecule has 36 heavy (non-hydrogen) atoms. The number of rotatable bonds is 7. The van der Waals surface area contributed by atoms with Gasteiger partial charge < -0.3 is 20.7 Å². The number of esters is 1. The number of carbonyl (C=O) groups is 3. The van der Waals surface area contributed by atoms with Gasteiger partial charge in [-0.3, -0.25) is 4.90 Å². The minimum absolute atomic E-state index is 0.0137. The number of amides is 4. The third-order valence-electron chi connectivity index (χ3n) is 5.49. The summed E-state index contributed by atoms with van der Waals surface area (Å²) in [5.74, 6) is -0.538. The van der Waals surface area contributed by atoms with Crippen molar-refractivity contribution < 1.29 is 32.3 Å². The highest BCUT2D eigenvalue weighted by atomic mass is 19.4. The molecule has 1 aliphatic heterocycles. The van der Waals surface area contributed by atoms with Crippen molar-refractivity contribution in [1.82, 2.24) is 10.2 Å². The number of hydrogen-bond donors (Lipinski definition) is 3. The Morgan fingerprint density at radius 2 is 1.72 bits per heavy atom. The summed E-state index contributed by atoms with van der Waals surface area (Å²) in [7, 11) is 0. The van der Waals surface area contributed by atoms with Crippen LogP contribution in [0.1, 0.15) is 44.4 Å². The number of anilines is 2. The zero-order valence-corrected chi connectivity index (χ0v) is 20.0. The van der Waals surface area contributed by atoms with Crippen molar-refractivity contribution in [1.29, 1.82) is 0 Å². The quantitative estimate of drug-likeness (QED) is 0.424. The van der Waals surface area contributed by atoms with Gasteiger partial charge in [0.15, 0.2) is 0 Å². The number of nitrogens with zero attached hydrogens (tertiary/aromatic N) is 1. The molecule has 192 valence electrons. The van der Waals surface area contributed by atoms with Crippen LogP contribution in [0.25, 0.3) is 0 Å². The number of halogens is 3. The van der Waals surface area contributed by atoms with E-state index in [1.165, 1.54) is 17.0 Å². The fourth-order valence-electron chi connectivity index (χ4n) is 3.82. The molecule has 1 aliphatic rings. The van der Waals surface area contributed by atoms with Gasteiger partial charge >= 0.3 is 24.2 Å². The van der Waals surface area contributed by atoms with E-state index in [2.05, 4.69) is 16.0 Å². The molecule has 0 radical (unpaired) electrons. The maximum atomic E-state index is 12.9. The summed E-state index contributed by atoms with van der Waals surface area (Å²) in [5.41, 5.74) is 0.874. The molecule has 1 heterocycles. The summed E-state index contributed by atoms with van der Waals surface area (Å²) in [4.78, 5) is 39.2. The van der Waals surface area contributed by atoms with Crippen LogP contribution in [0.2, 0.25) is 0 Å². The normalized spacial score (nSPS) is 15.9. The van der Waals surface area contributed by atoms with Crippen molar-refractivity contribution in [3.05, 3.63) is 70.9 Å². The Bertz CT molecular complexity index is 1160. The molecule has 0 saturated heterocycles. The monoisotopic (exact) mass is 504 g/mol. The fourth-order valence-corrected chi connectivity index (χ4v) is 3.82. The molecule has 11 heteroatoms. The van der Waals surface area contributed by atoms with Crippen LogP contribution in [0.15, 0.2) is 59.8 Å². The molecule has 1 unspecified atom stereocenters. The van der Waals surface area contributed by atoms with Gasteiger partial charge in [-0.25, -0.2) is 14.4 Å². The zero-order chi connectivity index (χ0) is 26.5. The van der Waals surface area contributed by atoms with Crippen LogP contribution < -0.4 is 16.0 Å². The Morgan fingerprint density at radius 3 is 2.33 bits per heavy atom. The average Bonchev–Trinajstić information content (AvgIpc) is 2.81. The molecule has 3 N–H and O–H groups in total. The molecular weight excluding hydrogens is 477 g/mol. The molecule has 0 fully saturated rings. The minimum atomic E-state index is -4.53. The first-order chi connectivity index (χ1) is 17.0. The maximum absolute atomic E-state index is 12.9. The number of carbonyl (C=O) groups excluding carboxylic acids is 3. The molecule has 8 nitrogen and oxygen atoms in total. The Hall–Kier alpha value is -4.02. The van der Waals surface area contributed by atoms with Crippen LogP contribution in [-0.2, 0) is 15.7 Å². The smallest absolute Gasteiger partial charge is 0.416 e. The van der Waals surface area contributed by atoms with E-state index in [9.17, 15) is 27.6 Å². The average molecular weight is 505 g/mol. The highest BCUT2D eigenvalue weighted by molar-refractivity contribution is 6.00. The Morgan fingerprint density at radius 1 is 1.06 bits per heavy atom. The Kier molecular flexibility index (Phi) is 8.23. The zero-order valence-electron chi connectivity index (χ0n) is 20.0. The second kappa shape index (κ2) is 11.1. The predicted molar refractivity (Wildman–Crippen MR) is 128 cm³/mol. The lowest BCUT2D eigenvalue weighted by Gasteiger charge is -2.35. The molecule has 1 atom stereocenters. The van der Waals surface area contributed by atoms with Gasteiger partial charge in [0.25, 0.3) is 0 Å². The molecule has 0 bridgehead atoms. The Labute approximate surface area is 206 Å². The predicted octanol–water partition coefficient (Wildman–Crippen LogP) is 5.66. The molecule has 0 saturated carbocycles. The van der Waals surface area contributed by atoms with Gasteiger partial charge in [-0.2, -0.15) is 13.2 Å². The largest absolute Gasteiger partial charge is 0.463 e. The highest BCUT2D eigenvalue weighted by Gasteiger charge is 2.36. The lowest BCUT2D eigenvalue weighted by Crippen LogP contribution is -2.48. The SMILES string of the molecule is CCCN1C(=O)NC(c2ccc(NC(=O)Nc3cccc(C(F)(F)F)c3)cc2)C(C(=O)OCC)=C1C. The second-order valence-corrected chi connectivity index (χ2v) is 8.03. The van der Waals surface area contributed by atoms with Crippen LogP contribution >= 0.6 is 0 Å². The molecule has 2 aromatic rings. The highest BCUT2D eigenvalue weighted by Crippen LogP contribution is 2.33. The van der Waals surface area contributed by atoms with Gasteiger partial charge in [-0.05, 0) is 56.2 Å². The number of ether oxygens (including phenoxy) is 1. The minimum Gasteiger partial charge on any atom is -0.463 e. The van der Waals surface area contributed by atoms with E-state index in [-0.39, 0.29) is 18.3 Å². The molecular formula is C25H27F3N4O4. The van der Waals surface area contributed by atoms with Gasteiger partial charge in [-0.15, -0.1) is 0 Å². The number of urea groups is 2. The number of hydrogen-bond acceptors (Lipinski definition) is 4. The first-order valence-electron chi connectivity index (χ1n) is 11.4.